The number of hydrogen-bond donors (Lipinski definition) is 2. The number of nitrogens with zero attached hydrogens (tertiary/aromatic N) is 2. The third kappa shape index (κ3) is 4.28. The lowest BCUT2D eigenvalue weighted by molar-refractivity contribution is 0.103. The first-order chi connectivity index (χ1) is 17.1. The summed E-state index contributed by atoms with van der Waals surface area (Å²) in [5, 5.41) is 22.1. The lowest BCUT2D eigenvalue weighted by atomic mass is 9.84. The molecule has 0 aliphatic heterocycles. The Balaban J connectivity index is 1.62. The van der Waals surface area contributed by atoms with Crippen molar-refractivity contribution in [3.63, 3.8) is 0 Å². The molecule has 1 fully saturated rings. The van der Waals surface area contributed by atoms with Crippen LogP contribution in [0.4, 0.5) is 0 Å². The van der Waals surface area contributed by atoms with Crippen molar-refractivity contribution in [2.45, 2.75) is 38.0 Å². The number of pyridine rings is 1. The summed E-state index contributed by atoms with van der Waals surface area (Å²) in [7, 11) is 1.57. The van der Waals surface area contributed by atoms with Crippen LogP contribution in [-0.4, -0.2) is 32.7 Å². The molecule has 0 radical (unpaired) electrons. The third-order valence-electron chi connectivity index (χ3n) is 6.85. The molecule has 0 amide bonds. The maximum atomic E-state index is 13.6. The second-order valence-electron chi connectivity index (χ2n) is 8.95. The third-order valence-corrected chi connectivity index (χ3v) is 6.85. The Bertz CT molecular complexity index is 1320. The van der Waals surface area contributed by atoms with E-state index in [1.807, 2.05) is 36.4 Å². The van der Waals surface area contributed by atoms with Crippen molar-refractivity contribution in [2.24, 2.45) is 0 Å². The van der Waals surface area contributed by atoms with E-state index in [0.29, 0.717) is 22.7 Å². The van der Waals surface area contributed by atoms with Gasteiger partial charge in [0.2, 0.25) is 5.88 Å². The number of benzene rings is 2. The number of aromatic nitrogens is 2. The first-order valence-corrected chi connectivity index (χ1v) is 11.9. The minimum absolute atomic E-state index is 0.0609. The van der Waals surface area contributed by atoms with Crippen LogP contribution in [0.15, 0.2) is 73.1 Å². The maximum Gasteiger partial charge on any atom is 0.240 e. The van der Waals surface area contributed by atoms with Crippen LogP contribution in [0.3, 0.4) is 0 Å². The molecular weight excluding hydrogens is 440 g/mol. The van der Waals surface area contributed by atoms with Gasteiger partial charge < -0.3 is 14.9 Å². The van der Waals surface area contributed by atoms with Gasteiger partial charge in [-0.25, -0.2) is 0 Å². The number of ether oxygens (including phenoxy) is 1. The second-order valence-corrected chi connectivity index (χ2v) is 8.95. The highest BCUT2D eigenvalue weighted by Gasteiger charge is 2.33. The minimum Gasteiger partial charge on any atom is -0.503 e. The Labute approximate surface area is 204 Å². The van der Waals surface area contributed by atoms with Gasteiger partial charge >= 0.3 is 0 Å². The molecule has 0 atom stereocenters. The zero-order valence-electron chi connectivity index (χ0n) is 19.6. The van der Waals surface area contributed by atoms with Gasteiger partial charge in [0, 0.05) is 35.3 Å². The Hall–Kier alpha value is -4.06. The van der Waals surface area contributed by atoms with Gasteiger partial charge in [0.15, 0.2) is 11.5 Å². The molecule has 0 spiro atoms. The first kappa shape index (κ1) is 22.7. The summed E-state index contributed by atoms with van der Waals surface area (Å²) in [6, 6.07) is 18.4. The molecular formula is C29H28N2O4. The summed E-state index contributed by atoms with van der Waals surface area (Å²) in [5.74, 6) is -0.288. The average Bonchev–Trinajstić information content (AvgIpc) is 3.19. The van der Waals surface area contributed by atoms with Crippen molar-refractivity contribution in [3.8, 4) is 34.2 Å². The fourth-order valence-corrected chi connectivity index (χ4v) is 5.04. The van der Waals surface area contributed by atoms with Crippen LogP contribution < -0.4 is 4.74 Å². The van der Waals surface area contributed by atoms with Gasteiger partial charge in [0.1, 0.15) is 5.75 Å². The predicted octanol–water partition coefficient (Wildman–Crippen LogP) is 6.24. The zero-order chi connectivity index (χ0) is 24.4. The van der Waals surface area contributed by atoms with Crippen molar-refractivity contribution in [2.75, 3.05) is 7.11 Å². The van der Waals surface area contributed by atoms with Crippen LogP contribution in [0.2, 0.25) is 0 Å². The van der Waals surface area contributed by atoms with E-state index in [-0.39, 0.29) is 28.9 Å². The number of carbonyl (C=O) groups is 1. The summed E-state index contributed by atoms with van der Waals surface area (Å²) in [4.78, 5) is 17.8. The molecule has 2 N–H and O–H groups in total. The maximum absolute atomic E-state index is 13.6. The van der Waals surface area contributed by atoms with Crippen LogP contribution in [0.1, 0.15) is 59.6 Å². The number of rotatable bonds is 6. The smallest absolute Gasteiger partial charge is 0.240 e. The molecule has 2 aromatic carbocycles. The SMILES string of the molecule is COc1ccc(C(=O)c2c(O)c(O)n(-c3ccc(-c4cccnc4)cc3)c2C2CCCCC2)cc1. The van der Waals surface area contributed by atoms with E-state index in [2.05, 4.69) is 4.98 Å². The molecule has 0 saturated heterocycles. The molecule has 2 aromatic heterocycles. The van der Waals surface area contributed by atoms with Crippen LogP contribution in [-0.2, 0) is 0 Å². The molecule has 35 heavy (non-hydrogen) atoms. The van der Waals surface area contributed by atoms with Gasteiger partial charge in [-0.1, -0.05) is 37.5 Å². The highest BCUT2D eigenvalue weighted by Crippen LogP contribution is 2.46. The van der Waals surface area contributed by atoms with Gasteiger partial charge in [0.05, 0.1) is 12.7 Å². The number of methoxy groups -OCH3 is 1. The molecule has 4 aromatic rings. The van der Waals surface area contributed by atoms with Crippen LogP contribution in [0.5, 0.6) is 17.4 Å². The average molecular weight is 469 g/mol. The van der Waals surface area contributed by atoms with Gasteiger partial charge in [-0.15, -0.1) is 0 Å². The summed E-state index contributed by atoms with van der Waals surface area (Å²) in [6.45, 7) is 0. The van der Waals surface area contributed by atoms with Crippen molar-refractivity contribution in [1.82, 2.24) is 9.55 Å². The first-order valence-electron chi connectivity index (χ1n) is 11.9. The molecule has 1 aliphatic carbocycles. The summed E-state index contributed by atoms with van der Waals surface area (Å²) < 4.78 is 6.86. The van der Waals surface area contributed by atoms with Gasteiger partial charge in [0.25, 0.3) is 0 Å². The molecule has 178 valence electrons. The summed E-state index contributed by atoms with van der Waals surface area (Å²) in [5.41, 5.74) is 3.96. The molecule has 5 rings (SSSR count). The van der Waals surface area contributed by atoms with Crippen molar-refractivity contribution < 1.29 is 19.7 Å². The standard InChI is InChI=1S/C29H28N2O4/c1-35-24-15-11-21(12-16-24)27(32)25-26(20-6-3-2-4-7-20)31(29(34)28(25)33)23-13-9-19(10-14-23)22-8-5-17-30-18-22/h5,8-18,20,33-34H,2-4,6-7H2,1H3. The van der Waals surface area contributed by atoms with Crippen molar-refractivity contribution >= 4 is 5.78 Å². The van der Waals surface area contributed by atoms with E-state index in [9.17, 15) is 15.0 Å². The molecule has 0 unspecified atom stereocenters. The van der Waals surface area contributed by atoms with Crippen LogP contribution in [0, 0.1) is 0 Å². The van der Waals surface area contributed by atoms with E-state index in [1.165, 1.54) is 0 Å². The normalized spacial score (nSPS) is 14.1. The molecule has 0 bridgehead atoms. The number of ketones is 1. The fraction of sp³-hybridized carbons (Fsp3) is 0.241. The molecule has 1 saturated carbocycles. The summed E-state index contributed by atoms with van der Waals surface area (Å²) in [6.07, 6.45) is 8.58. The lowest BCUT2D eigenvalue weighted by Crippen LogP contribution is -2.14. The zero-order valence-corrected chi connectivity index (χ0v) is 19.6. The number of aromatic hydroxyl groups is 2. The molecule has 6 heteroatoms. The van der Waals surface area contributed by atoms with Gasteiger partial charge in [-0.05, 0) is 66.4 Å². The highest BCUT2D eigenvalue weighted by atomic mass is 16.5. The van der Waals surface area contributed by atoms with E-state index in [1.54, 1.807) is 48.3 Å². The molecule has 6 nitrogen and oxygen atoms in total. The van der Waals surface area contributed by atoms with E-state index in [4.69, 9.17) is 4.74 Å². The minimum atomic E-state index is -0.372. The predicted molar refractivity (Wildman–Crippen MR) is 135 cm³/mol. The summed E-state index contributed by atoms with van der Waals surface area (Å²) >= 11 is 0. The van der Waals surface area contributed by atoms with Crippen LogP contribution in [0.25, 0.3) is 16.8 Å². The lowest BCUT2D eigenvalue weighted by Gasteiger charge is -2.25. The Morgan fingerprint density at radius 3 is 2.29 bits per heavy atom. The topological polar surface area (TPSA) is 84.6 Å². The van der Waals surface area contributed by atoms with Gasteiger partial charge in [-0.3, -0.25) is 14.3 Å². The second kappa shape index (κ2) is 9.66. The fourth-order valence-electron chi connectivity index (χ4n) is 5.04. The molecule has 2 heterocycles. The number of carbonyl (C=O) groups excluding carboxylic acids is 1. The van der Waals surface area contributed by atoms with Crippen LogP contribution >= 0.6 is 0 Å². The van der Waals surface area contributed by atoms with E-state index >= 15 is 0 Å². The largest absolute Gasteiger partial charge is 0.503 e. The monoisotopic (exact) mass is 468 g/mol. The van der Waals surface area contributed by atoms with E-state index in [0.717, 1.165) is 43.2 Å². The van der Waals surface area contributed by atoms with E-state index < -0.39 is 0 Å². The Kier molecular flexibility index (Phi) is 6.27. The van der Waals surface area contributed by atoms with Crippen molar-refractivity contribution in [1.29, 1.82) is 0 Å². The number of hydrogen-bond acceptors (Lipinski definition) is 5. The molecule has 1 aliphatic rings. The van der Waals surface area contributed by atoms with Gasteiger partial charge in [-0.2, -0.15) is 0 Å². The highest BCUT2D eigenvalue weighted by molar-refractivity contribution is 6.12. The van der Waals surface area contributed by atoms with Crippen molar-refractivity contribution in [3.05, 3.63) is 89.9 Å². The Morgan fingerprint density at radius 1 is 0.943 bits per heavy atom. The quantitative estimate of drug-likeness (QED) is 0.327. The Morgan fingerprint density at radius 2 is 1.66 bits per heavy atom.